The minimum atomic E-state index is -1.06. The number of likely N-dealkylation sites (N-methyl/N-ethyl adjacent to an activating group) is 2. The number of carboxylic acid groups (broad SMARTS) is 2. The Hall–Kier alpha value is -2.52. The highest BCUT2D eigenvalue weighted by Gasteiger charge is 2.22. The molecule has 0 aliphatic heterocycles. The number of carboxylic acids is 2. The molecule has 0 bridgehead atoms. The van der Waals surface area contributed by atoms with E-state index < -0.39 is 36.2 Å². The van der Waals surface area contributed by atoms with Crippen LogP contribution in [0.25, 0.3) is 0 Å². The Morgan fingerprint density at radius 2 is 1.00 bits per heavy atom. The summed E-state index contributed by atoms with van der Waals surface area (Å²) in [7, 11) is 5.13. The predicted octanol–water partition coefficient (Wildman–Crippen LogP) is 0.952. The number of aliphatic carboxylic acids is 2. The number of hydrogen-bond acceptors (Lipinski definition) is 6. The Morgan fingerprint density at radius 3 is 1.13 bits per heavy atom. The largest absolute Gasteiger partial charge is 0.480 e. The van der Waals surface area contributed by atoms with Crippen molar-refractivity contribution >= 4 is 24.1 Å². The zero-order valence-corrected chi connectivity index (χ0v) is 13.4. The molecule has 0 aromatic rings. The minimum Gasteiger partial charge on any atom is -0.480 e. The number of carbonyl (C=O) groups excluding carboxylic acids is 2. The van der Waals surface area contributed by atoms with Crippen LogP contribution in [0.4, 0.5) is 9.59 Å². The van der Waals surface area contributed by atoms with Crippen LogP contribution in [0.5, 0.6) is 0 Å². The van der Waals surface area contributed by atoms with Crippen LogP contribution >= 0.6 is 0 Å². The lowest BCUT2D eigenvalue weighted by atomic mass is 10.3. The lowest BCUT2D eigenvalue weighted by Crippen LogP contribution is -2.40. The first-order chi connectivity index (χ1) is 10.0. The maximum Gasteiger partial charge on any atom is 0.409 e. The zero-order valence-electron chi connectivity index (χ0n) is 13.4. The van der Waals surface area contributed by atoms with Gasteiger partial charge in [0, 0.05) is 14.1 Å². The van der Waals surface area contributed by atoms with Crippen LogP contribution in [-0.2, 0) is 19.1 Å². The highest BCUT2D eigenvalue weighted by atomic mass is 16.5. The lowest BCUT2D eigenvalue weighted by Gasteiger charge is -2.19. The molecule has 0 radical (unpaired) electrons. The molecule has 0 aromatic carbocycles. The van der Waals surface area contributed by atoms with Crippen LogP contribution in [0.15, 0.2) is 0 Å². The molecule has 2 N–H and O–H groups in total. The van der Waals surface area contributed by atoms with Crippen molar-refractivity contribution in [3.05, 3.63) is 0 Å². The zero-order chi connectivity index (χ0) is 18.0. The van der Waals surface area contributed by atoms with Gasteiger partial charge in [-0.15, -0.1) is 0 Å². The molecule has 10 heteroatoms. The van der Waals surface area contributed by atoms with E-state index in [1.807, 2.05) is 0 Å². The average molecular weight is 338 g/mol. The van der Waals surface area contributed by atoms with Crippen molar-refractivity contribution in [1.82, 2.24) is 9.80 Å². The van der Waals surface area contributed by atoms with Crippen LogP contribution in [-0.4, -0.2) is 84.5 Å². The molecule has 10 nitrogen and oxygen atoms in total. The summed E-state index contributed by atoms with van der Waals surface area (Å²) in [4.78, 5) is 44.0. The van der Waals surface area contributed by atoms with Crippen molar-refractivity contribution < 1.29 is 38.9 Å². The van der Waals surface area contributed by atoms with Gasteiger partial charge in [-0.25, -0.2) is 19.2 Å². The van der Waals surface area contributed by atoms with E-state index in [1.54, 1.807) is 0 Å². The van der Waals surface area contributed by atoms with Gasteiger partial charge in [0.1, 0.15) is 12.1 Å². The maximum absolute atomic E-state index is 10.7. The topological polar surface area (TPSA) is 134 Å². The van der Waals surface area contributed by atoms with E-state index in [2.05, 4.69) is 9.47 Å². The Bertz CT molecular complexity index is 375. The molecule has 0 rings (SSSR count). The summed E-state index contributed by atoms with van der Waals surface area (Å²) in [6.07, 6.45) is -1.31. The smallest absolute Gasteiger partial charge is 0.409 e. The average Bonchev–Trinajstić information content (AvgIpc) is 2.50. The SMILES string of the molecule is C.COC(=O)N(C)[C@@H](C)C(=O)O.COC(=O)N(C)[C@H](C)C(=O)O. The van der Waals surface area contributed by atoms with Crippen LogP contribution in [0.1, 0.15) is 21.3 Å². The summed E-state index contributed by atoms with van der Waals surface area (Å²) in [6.45, 7) is 2.80. The van der Waals surface area contributed by atoms with Gasteiger partial charge in [0.15, 0.2) is 0 Å². The maximum atomic E-state index is 10.7. The minimum absolute atomic E-state index is 0. The van der Waals surface area contributed by atoms with E-state index >= 15 is 0 Å². The van der Waals surface area contributed by atoms with Gasteiger partial charge >= 0.3 is 24.1 Å². The molecule has 0 aliphatic rings. The monoisotopic (exact) mass is 338 g/mol. The van der Waals surface area contributed by atoms with Crippen LogP contribution in [0.3, 0.4) is 0 Å². The van der Waals surface area contributed by atoms with E-state index in [1.165, 1.54) is 42.2 Å². The van der Waals surface area contributed by atoms with Gasteiger partial charge in [0.2, 0.25) is 0 Å². The number of carbonyl (C=O) groups is 4. The third kappa shape index (κ3) is 9.17. The van der Waals surface area contributed by atoms with Gasteiger partial charge in [-0.1, -0.05) is 7.43 Å². The second kappa shape index (κ2) is 12.1. The third-order valence-electron chi connectivity index (χ3n) is 2.80. The summed E-state index contributed by atoms with van der Waals surface area (Å²) in [5.41, 5.74) is 0. The molecule has 0 heterocycles. The molecule has 136 valence electrons. The summed E-state index contributed by atoms with van der Waals surface area (Å²) < 4.78 is 8.61. The summed E-state index contributed by atoms with van der Waals surface area (Å²) in [6, 6.07) is -1.72. The first-order valence-corrected chi connectivity index (χ1v) is 6.08. The fourth-order valence-electron chi connectivity index (χ4n) is 0.936. The Kier molecular flexibility index (Phi) is 13.3. The summed E-state index contributed by atoms with van der Waals surface area (Å²) >= 11 is 0. The Labute approximate surface area is 135 Å². The standard InChI is InChI=1S/2C6H11NO4.CH4/c2*1-4(5(8)9)7(2)6(10)11-3;/h2*4H,1-3H3,(H,8,9);1H4/t2*4-;/m10./s1. The first kappa shape index (κ1) is 25.4. The molecule has 0 unspecified atom stereocenters. The van der Waals surface area contributed by atoms with E-state index in [-0.39, 0.29) is 7.43 Å². The number of methoxy groups -OCH3 is 2. The summed E-state index contributed by atoms with van der Waals surface area (Å²) in [5.74, 6) is -2.11. The van der Waals surface area contributed by atoms with E-state index in [0.29, 0.717) is 0 Å². The molecular formula is C13H26N2O8. The van der Waals surface area contributed by atoms with Crippen LogP contribution in [0, 0.1) is 0 Å². The van der Waals surface area contributed by atoms with Crippen molar-refractivity contribution in [3.63, 3.8) is 0 Å². The predicted molar refractivity (Wildman–Crippen MR) is 81.3 cm³/mol. The second-order valence-electron chi connectivity index (χ2n) is 4.19. The Balaban J connectivity index is -0.000000333. The van der Waals surface area contributed by atoms with Gasteiger partial charge in [0.05, 0.1) is 14.2 Å². The first-order valence-electron chi connectivity index (χ1n) is 6.08. The van der Waals surface area contributed by atoms with Gasteiger partial charge < -0.3 is 19.7 Å². The fourth-order valence-corrected chi connectivity index (χ4v) is 0.936. The fraction of sp³-hybridized carbons (Fsp3) is 0.692. The van der Waals surface area contributed by atoms with E-state index in [0.717, 1.165) is 9.80 Å². The highest BCUT2D eigenvalue weighted by molar-refractivity contribution is 5.79. The number of ether oxygens (including phenoxy) is 2. The molecule has 2 atom stereocenters. The van der Waals surface area contributed by atoms with Crippen molar-refractivity contribution in [3.8, 4) is 0 Å². The molecule has 0 aromatic heterocycles. The molecular weight excluding hydrogens is 312 g/mol. The molecule has 23 heavy (non-hydrogen) atoms. The highest BCUT2D eigenvalue weighted by Crippen LogP contribution is 1.98. The normalized spacial score (nSPS) is 11.4. The quantitative estimate of drug-likeness (QED) is 0.774. The number of rotatable bonds is 4. The van der Waals surface area contributed by atoms with Crippen LogP contribution < -0.4 is 0 Å². The molecule has 0 spiro atoms. The van der Waals surface area contributed by atoms with Crippen molar-refractivity contribution in [2.45, 2.75) is 33.4 Å². The van der Waals surface area contributed by atoms with Crippen molar-refractivity contribution in [2.75, 3.05) is 28.3 Å². The van der Waals surface area contributed by atoms with E-state index in [4.69, 9.17) is 10.2 Å². The van der Waals surface area contributed by atoms with Crippen molar-refractivity contribution in [1.29, 1.82) is 0 Å². The molecule has 0 fully saturated rings. The van der Waals surface area contributed by atoms with E-state index in [9.17, 15) is 19.2 Å². The molecule has 2 amide bonds. The number of amides is 2. The molecule has 0 saturated carbocycles. The van der Waals surface area contributed by atoms with Crippen molar-refractivity contribution in [2.24, 2.45) is 0 Å². The Morgan fingerprint density at radius 1 is 0.783 bits per heavy atom. The number of hydrogen-bond donors (Lipinski definition) is 2. The second-order valence-corrected chi connectivity index (χ2v) is 4.19. The van der Waals surface area contributed by atoms with Gasteiger partial charge in [-0.2, -0.15) is 0 Å². The molecule has 0 aliphatic carbocycles. The van der Waals surface area contributed by atoms with Gasteiger partial charge in [0.25, 0.3) is 0 Å². The van der Waals surface area contributed by atoms with Crippen LogP contribution in [0.2, 0.25) is 0 Å². The summed E-state index contributed by atoms with van der Waals surface area (Å²) in [5, 5.41) is 16.9. The third-order valence-corrected chi connectivity index (χ3v) is 2.80. The molecule has 0 saturated heterocycles. The van der Waals surface area contributed by atoms with Gasteiger partial charge in [-0.05, 0) is 13.8 Å². The number of nitrogens with zero attached hydrogens (tertiary/aromatic N) is 2. The van der Waals surface area contributed by atoms with Gasteiger partial charge in [-0.3, -0.25) is 9.80 Å². The lowest BCUT2D eigenvalue weighted by molar-refractivity contribution is -0.142.